The Morgan fingerprint density at radius 1 is 1.14 bits per heavy atom. The Bertz CT molecular complexity index is 1250. The van der Waals surface area contributed by atoms with Gasteiger partial charge in [-0.1, -0.05) is 24.3 Å². The standard InChI is InChI=1S/C20H14N4O2S2/c1-12-9-18(22-19(25)16-10-13-5-2-3-6-15(13)26-16)24(23-12)20-21-14(11-28-20)17-7-4-8-27-17/h2-11H,1H3,(H,22,25). The fourth-order valence-corrected chi connectivity index (χ4v) is 4.45. The fourth-order valence-electron chi connectivity index (χ4n) is 2.91. The summed E-state index contributed by atoms with van der Waals surface area (Å²) in [6.07, 6.45) is 0. The Labute approximate surface area is 168 Å². The van der Waals surface area contributed by atoms with Crippen LogP contribution in [-0.2, 0) is 0 Å². The van der Waals surface area contributed by atoms with Crippen molar-refractivity contribution in [3.8, 4) is 15.7 Å². The van der Waals surface area contributed by atoms with Crippen LogP contribution in [0.2, 0.25) is 0 Å². The number of para-hydroxylation sites is 1. The summed E-state index contributed by atoms with van der Waals surface area (Å²) in [5, 5.41) is 13.0. The molecule has 0 saturated heterocycles. The molecule has 4 aromatic heterocycles. The summed E-state index contributed by atoms with van der Waals surface area (Å²) < 4.78 is 7.30. The molecule has 4 heterocycles. The molecule has 5 rings (SSSR count). The summed E-state index contributed by atoms with van der Waals surface area (Å²) in [7, 11) is 0. The van der Waals surface area contributed by atoms with E-state index in [4.69, 9.17) is 4.42 Å². The van der Waals surface area contributed by atoms with E-state index in [1.54, 1.807) is 22.1 Å². The molecule has 0 bridgehead atoms. The highest BCUT2D eigenvalue weighted by atomic mass is 32.1. The highest BCUT2D eigenvalue weighted by molar-refractivity contribution is 7.15. The molecule has 28 heavy (non-hydrogen) atoms. The first kappa shape index (κ1) is 16.9. The van der Waals surface area contributed by atoms with Gasteiger partial charge in [0.15, 0.2) is 5.76 Å². The molecule has 0 aliphatic rings. The van der Waals surface area contributed by atoms with Crippen molar-refractivity contribution in [2.45, 2.75) is 6.92 Å². The topological polar surface area (TPSA) is 73.0 Å². The number of fused-ring (bicyclic) bond motifs is 1. The molecule has 0 unspecified atom stereocenters. The summed E-state index contributed by atoms with van der Waals surface area (Å²) in [5.41, 5.74) is 2.36. The van der Waals surface area contributed by atoms with Gasteiger partial charge >= 0.3 is 0 Å². The number of thiophene rings is 1. The van der Waals surface area contributed by atoms with E-state index < -0.39 is 0 Å². The van der Waals surface area contributed by atoms with Crippen molar-refractivity contribution in [3.05, 3.63) is 70.7 Å². The van der Waals surface area contributed by atoms with Gasteiger partial charge in [-0.05, 0) is 30.5 Å². The molecular weight excluding hydrogens is 392 g/mol. The highest BCUT2D eigenvalue weighted by Crippen LogP contribution is 2.29. The predicted molar refractivity (Wildman–Crippen MR) is 111 cm³/mol. The number of nitrogens with zero attached hydrogens (tertiary/aromatic N) is 3. The van der Waals surface area contributed by atoms with Gasteiger partial charge in [0.2, 0.25) is 5.13 Å². The molecule has 8 heteroatoms. The maximum Gasteiger partial charge on any atom is 0.292 e. The van der Waals surface area contributed by atoms with Crippen LogP contribution in [0.25, 0.3) is 26.7 Å². The number of carbonyl (C=O) groups excluding carboxylic acids is 1. The van der Waals surface area contributed by atoms with E-state index >= 15 is 0 Å². The molecule has 0 radical (unpaired) electrons. The first-order chi connectivity index (χ1) is 13.7. The number of nitrogens with one attached hydrogen (secondary N) is 1. The smallest absolute Gasteiger partial charge is 0.292 e. The number of furan rings is 1. The highest BCUT2D eigenvalue weighted by Gasteiger charge is 2.18. The van der Waals surface area contributed by atoms with Crippen molar-refractivity contribution in [1.29, 1.82) is 0 Å². The van der Waals surface area contributed by atoms with Gasteiger partial charge in [0, 0.05) is 16.8 Å². The van der Waals surface area contributed by atoms with Gasteiger partial charge in [0.1, 0.15) is 11.4 Å². The van der Waals surface area contributed by atoms with Gasteiger partial charge in [-0.3, -0.25) is 4.79 Å². The van der Waals surface area contributed by atoms with E-state index in [0.717, 1.165) is 21.7 Å². The average molecular weight is 406 g/mol. The number of amides is 1. The molecule has 1 aromatic carbocycles. The molecule has 138 valence electrons. The molecule has 6 nitrogen and oxygen atoms in total. The second-order valence-electron chi connectivity index (χ2n) is 6.18. The molecule has 0 aliphatic heterocycles. The zero-order chi connectivity index (χ0) is 19.1. The number of anilines is 1. The Hall–Kier alpha value is -3.23. The lowest BCUT2D eigenvalue weighted by molar-refractivity contribution is 0.0998. The first-order valence-corrected chi connectivity index (χ1v) is 10.3. The third kappa shape index (κ3) is 3.02. The Morgan fingerprint density at radius 3 is 2.86 bits per heavy atom. The van der Waals surface area contributed by atoms with Crippen molar-refractivity contribution < 1.29 is 9.21 Å². The van der Waals surface area contributed by atoms with Gasteiger partial charge in [0.25, 0.3) is 5.91 Å². The van der Waals surface area contributed by atoms with Crippen molar-refractivity contribution in [2.24, 2.45) is 0 Å². The number of aryl methyl sites for hydroxylation is 1. The van der Waals surface area contributed by atoms with Gasteiger partial charge in [-0.15, -0.1) is 22.7 Å². The van der Waals surface area contributed by atoms with Gasteiger partial charge in [0.05, 0.1) is 16.3 Å². The number of aromatic nitrogens is 3. The zero-order valence-corrected chi connectivity index (χ0v) is 16.4. The Balaban J connectivity index is 1.46. The molecule has 5 aromatic rings. The van der Waals surface area contributed by atoms with Crippen LogP contribution in [0.15, 0.2) is 63.7 Å². The summed E-state index contributed by atoms with van der Waals surface area (Å²) >= 11 is 3.11. The molecule has 0 fully saturated rings. The van der Waals surface area contributed by atoms with Crippen LogP contribution in [0, 0.1) is 6.92 Å². The molecule has 1 N–H and O–H groups in total. The summed E-state index contributed by atoms with van der Waals surface area (Å²) in [4.78, 5) is 18.5. The molecule has 0 spiro atoms. The van der Waals surface area contributed by atoms with Crippen LogP contribution in [-0.4, -0.2) is 20.7 Å². The van der Waals surface area contributed by atoms with Crippen LogP contribution in [0.5, 0.6) is 0 Å². The largest absolute Gasteiger partial charge is 0.451 e. The van der Waals surface area contributed by atoms with Crippen molar-refractivity contribution >= 4 is 45.4 Å². The van der Waals surface area contributed by atoms with E-state index in [0.29, 0.717) is 16.5 Å². The monoisotopic (exact) mass is 406 g/mol. The minimum Gasteiger partial charge on any atom is -0.451 e. The van der Waals surface area contributed by atoms with Crippen LogP contribution in [0.3, 0.4) is 0 Å². The number of carbonyl (C=O) groups is 1. The number of thiazole rings is 1. The third-order valence-corrected chi connectivity index (χ3v) is 5.88. The van der Waals surface area contributed by atoms with Crippen LogP contribution < -0.4 is 5.32 Å². The lowest BCUT2D eigenvalue weighted by atomic mass is 10.2. The van der Waals surface area contributed by atoms with E-state index in [1.807, 2.05) is 60.1 Å². The van der Waals surface area contributed by atoms with E-state index in [2.05, 4.69) is 15.4 Å². The third-order valence-electron chi connectivity index (χ3n) is 4.17. The lowest BCUT2D eigenvalue weighted by Gasteiger charge is -2.04. The van der Waals surface area contributed by atoms with Gasteiger partial charge in [-0.2, -0.15) is 9.78 Å². The molecule has 0 saturated carbocycles. The minimum atomic E-state index is -0.326. The molecule has 1 amide bonds. The number of rotatable bonds is 4. The normalized spacial score (nSPS) is 11.2. The van der Waals surface area contributed by atoms with E-state index in [9.17, 15) is 4.79 Å². The fraction of sp³-hybridized carbons (Fsp3) is 0.0500. The number of hydrogen-bond acceptors (Lipinski definition) is 6. The Kier molecular flexibility index (Phi) is 4.07. The van der Waals surface area contributed by atoms with Gasteiger partial charge < -0.3 is 9.73 Å². The SMILES string of the molecule is Cc1cc(NC(=O)c2cc3ccccc3o2)n(-c2nc(-c3cccs3)cs2)n1. The summed E-state index contributed by atoms with van der Waals surface area (Å²) in [6.45, 7) is 1.88. The van der Waals surface area contributed by atoms with Crippen LogP contribution in [0.4, 0.5) is 5.82 Å². The summed E-state index contributed by atoms with van der Waals surface area (Å²) in [5.74, 6) is 0.479. The zero-order valence-electron chi connectivity index (χ0n) is 14.7. The molecule has 0 atom stereocenters. The maximum atomic E-state index is 12.7. The van der Waals surface area contributed by atoms with E-state index in [-0.39, 0.29) is 11.7 Å². The minimum absolute atomic E-state index is 0.255. The van der Waals surface area contributed by atoms with Crippen molar-refractivity contribution in [3.63, 3.8) is 0 Å². The average Bonchev–Trinajstić information content (AvgIpc) is 3.47. The Morgan fingerprint density at radius 2 is 2.04 bits per heavy atom. The first-order valence-electron chi connectivity index (χ1n) is 8.54. The number of benzene rings is 1. The lowest BCUT2D eigenvalue weighted by Crippen LogP contribution is -2.14. The molecular formula is C20H14N4O2S2. The van der Waals surface area contributed by atoms with Crippen LogP contribution >= 0.6 is 22.7 Å². The quantitative estimate of drug-likeness (QED) is 0.436. The second-order valence-corrected chi connectivity index (χ2v) is 7.96. The maximum absolute atomic E-state index is 12.7. The summed E-state index contributed by atoms with van der Waals surface area (Å²) in [6, 6.07) is 15.1. The predicted octanol–water partition coefficient (Wildman–Crippen LogP) is 5.36. The van der Waals surface area contributed by atoms with Crippen molar-refractivity contribution in [2.75, 3.05) is 5.32 Å². The van der Waals surface area contributed by atoms with Crippen molar-refractivity contribution in [1.82, 2.24) is 14.8 Å². The van der Waals surface area contributed by atoms with Gasteiger partial charge in [-0.25, -0.2) is 4.98 Å². The van der Waals surface area contributed by atoms with E-state index in [1.165, 1.54) is 11.3 Å². The van der Waals surface area contributed by atoms with Crippen LogP contribution in [0.1, 0.15) is 16.2 Å². The molecule has 0 aliphatic carbocycles. The number of hydrogen-bond donors (Lipinski definition) is 1. The second kappa shape index (κ2) is 6.74.